The van der Waals surface area contributed by atoms with Gasteiger partial charge in [0.25, 0.3) is 5.56 Å². The zero-order valence-electron chi connectivity index (χ0n) is 16.0. The summed E-state index contributed by atoms with van der Waals surface area (Å²) in [7, 11) is 0. The van der Waals surface area contributed by atoms with Gasteiger partial charge in [-0.3, -0.25) is 9.59 Å². The minimum atomic E-state index is -0.763. The van der Waals surface area contributed by atoms with Crippen molar-refractivity contribution in [3.05, 3.63) is 57.0 Å². The second kappa shape index (κ2) is 7.23. The minimum absolute atomic E-state index is 0.0557. The highest BCUT2D eigenvalue weighted by Crippen LogP contribution is 2.21. The van der Waals surface area contributed by atoms with E-state index in [1.165, 1.54) is 6.07 Å². The number of Topliss-reactive ketones (excluding diaryl/α,β-unsaturated/α-hetero) is 1. The van der Waals surface area contributed by atoms with Crippen molar-refractivity contribution in [1.29, 1.82) is 0 Å². The molecule has 0 saturated carbocycles. The molecule has 0 radical (unpaired) electrons. The Morgan fingerprint density at radius 2 is 1.81 bits per heavy atom. The summed E-state index contributed by atoms with van der Waals surface area (Å²) in [5.74, 6) is -1.03. The quantitative estimate of drug-likeness (QED) is 0.621. The van der Waals surface area contributed by atoms with Gasteiger partial charge < -0.3 is 4.74 Å². The van der Waals surface area contributed by atoms with Crippen LogP contribution in [0.25, 0.3) is 5.69 Å². The van der Waals surface area contributed by atoms with E-state index in [1.807, 2.05) is 26.0 Å². The second-order valence-corrected chi connectivity index (χ2v) is 7.25. The van der Waals surface area contributed by atoms with Crippen LogP contribution in [0.4, 0.5) is 0 Å². The number of carbonyl (C=O) groups excluding carboxylic acids is 2. The summed E-state index contributed by atoms with van der Waals surface area (Å²) in [6.07, 6.45) is 0. The molecule has 0 unspecified atom stereocenters. The molecule has 0 aliphatic carbocycles. The van der Waals surface area contributed by atoms with Crippen LogP contribution in [0.5, 0.6) is 0 Å². The Hall–Kier alpha value is -2.76. The first-order valence-corrected chi connectivity index (χ1v) is 8.50. The van der Waals surface area contributed by atoms with Crippen molar-refractivity contribution in [2.24, 2.45) is 5.41 Å². The normalized spacial score (nSPS) is 11.3. The molecule has 0 bridgehead atoms. The highest BCUT2D eigenvalue weighted by atomic mass is 16.5. The molecule has 26 heavy (non-hydrogen) atoms. The summed E-state index contributed by atoms with van der Waals surface area (Å²) < 4.78 is 6.09. The number of benzene rings is 1. The molecule has 6 heteroatoms. The van der Waals surface area contributed by atoms with E-state index in [2.05, 4.69) is 5.10 Å². The van der Waals surface area contributed by atoms with Crippen LogP contribution in [0.3, 0.4) is 0 Å². The van der Waals surface area contributed by atoms with Gasteiger partial charge in [-0.15, -0.1) is 0 Å². The maximum absolute atomic E-state index is 12.8. The molecule has 2 aromatic rings. The first-order valence-electron chi connectivity index (χ1n) is 8.50. The van der Waals surface area contributed by atoms with Gasteiger partial charge in [-0.25, -0.2) is 4.79 Å². The second-order valence-electron chi connectivity index (χ2n) is 7.25. The molecule has 2 rings (SSSR count). The smallest absolute Gasteiger partial charge is 0.343 e. The Bertz CT molecular complexity index is 920. The topological polar surface area (TPSA) is 78.3 Å². The zero-order chi connectivity index (χ0) is 19.6. The van der Waals surface area contributed by atoms with Crippen LogP contribution in [0, 0.1) is 19.3 Å². The van der Waals surface area contributed by atoms with Gasteiger partial charge in [0.2, 0.25) is 0 Å². The van der Waals surface area contributed by atoms with Gasteiger partial charge in [0.1, 0.15) is 11.3 Å². The molecular weight excluding hydrogens is 332 g/mol. The summed E-state index contributed by atoms with van der Waals surface area (Å²) in [6, 6.07) is 6.73. The molecule has 138 valence electrons. The minimum Gasteiger partial charge on any atom is -0.462 e. The van der Waals surface area contributed by atoms with Crippen LogP contribution in [0.2, 0.25) is 0 Å². The largest absolute Gasteiger partial charge is 0.462 e. The number of ketones is 1. The van der Waals surface area contributed by atoms with Crippen molar-refractivity contribution in [1.82, 2.24) is 9.78 Å². The predicted molar refractivity (Wildman–Crippen MR) is 99.1 cm³/mol. The molecule has 1 heterocycles. The van der Waals surface area contributed by atoms with Crippen molar-refractivity contribution in [3.63, 3.8) is 0 Å². The molecular formula is C20H24N2O4. The summed E-state index contributed by atoms with van der Waals surface area (Å²) in [4.78, 5) is 37.8. The molecule has 0 fully saturated rings. The van der Waals surface area contributed by atoms with Crippen LogP contribution in [-0.2, 0) is 4.74 Å². The molecule has 0 aliphatic heterocycles. The fourth-order valence-electron chi connectivity index (χ4n) is 2.55. The first-order chi connectivity index (χ1) is 12.1. The maximum atomic E-state index is 12.8. The number of nitrogens with zero attached hydrogens (tertiary/aromatic N) is 2. The lowest BCUT2D eigenvalue weighted by Crippen LogP contribution is -2.32. The van der Waals surface area contributed by atoms with E-state index >= 15 is 0 Å². The lowest BCUT2D eigenvalue weighted by atomic mass is 9.88. The number of hydrogen-bond acceptors (Lipinski definition) is 5. The van der Waals surface area contributed by atoms with E-state index < -0.39 is 16.9 Å². The summed E-state index contributed by atoms with van der Waals surface area (Å²) >= 11 is 0. The number of aromatic nitrogens is 2. The first kappa shape index (κ1) is 19.6. The number of ether oxygens (including phenoxy) is 1. The van der Waals surface area contributed by atoms with E-state index in [4.69, 9.17) is 4.74 Å². The predicted octanol–water partition coefficient (Wildman–Crippen LogP) is 3.25. The molecule has 0 atom stereocenters. The van der Waals surface area contributed by atoms with Gasteiger partial charge in [-0.2, -0.15) is 9.78 Å². The molecule has 1 aromatic carbocycles. The van der Waals surface area contributed by atoms with Crippen molar-refractivity contribution in [3.8, 4) is 5.69 Å². The monoisotopic (exact) mass is 356 g/mol. The van der Waals surface area contributed by atoms with E-state index in [1.54, 1.807) is 33.8 Å². The molecule has 1 aromatic heterocycles. The number of hydrogen-bond donors (Lipinski definition) is 0. The number of rotatable bonds is 4. The fraction of sp³-hybridized carbons (Fsp3) is 0.400. The van der Waals surface area contributed by atoms with E-state index in [0.29, 0.717) is 5.69 Å². The SMILES string of the molecule is CCOC(=O)c1cc(C(=O)C(C)(C)C)nn(-c2ccc(C)cc2C)c1=O. The van der Waals surface area contributed by atoms with Gasteiger partial charge in [-0.1, -0.05) is 38.5 Å². The third-order valence-electron chi connectivity index (χ3n) is 3.90. The average molecular weight is 356 g/mol. The molecule has 0 amide bonds. The lowest BCUT2D eigenvalue weighted by Gasteiger charge is -2.18. The number of carbonyl (C=O) groups is 2. The average Bonchev–Trinajstić information content (AvgIpc) is 2.54. The van der Waals surface area contributed by atoms with Crippen LogP contribution < -0.4 is 5.56 Å². The Kier molecular flexibility index (Phi) is 5.44. The van der Waals surface area contributed by atoms with Crippen molar-refractivity contribution < 1.29 is 14.3 Å². The number of esters is 1. The third kappa shape index (κ3) is 3.90. The van der Waals surface area contributed by atoms with E-state index in [-0.39, 0.29) is 23.6 Å². The van der Waals surface area contributed by atoms with Gasteiger partial charge >= 0.3 is 5.97 Å². The molecule has 0 aliphatic rings. The third-order valence-corrected chi connectivity index (χ3v) is 3.90. The molecule has 6 nitrogen and oxygen atoms in total. The van der Waals surface area contributed by atoms with E-state index in [0.717, 1.165) is 15.8 Å². The van der Waals surface area contributed by atoms with Crippen LogP contribution in [-0.4, -0.2) is 28.1 Å². The lowest BCUT2D eigenvalue weighted by molar-refractivity contribution is 0.0523. The van der Waals surface area contributed by atoms with E-state index in [9.17, 15) is 14.4 Å². The van der Waals surface area contributed by atoms with Crippen molar-refractivity contribution >= 4 is 11.8 Å². The Balaban J connectivity index is 2.78. The van der Waals surface area contributed by atoms with Gasteiger partial charge in [0.05, 0.1) is 12.3 Å². The fourth-order valence-corrected chi connectivity index (χ4v) is 2.55. The van der Waals surface area contributed by atoms with Crippen LogP contribution >= 0.6 is 0 Å². The highest BCUT2D eigenvalue weighted by Gasteiger charge is 2.28. The van der Waals surface area contributed by atoms with Gasteiger partial charge in [-0.05, 0) is 38.5 Å². The van der Waals surface area contributed by atoms with Crippen LogP contribution in [0.15, 0.2) is 29.1 Å². The Labute approximate surface area is 152 Å². The molecule has 0 spiro atoms. The van der Waals surface area contributed by atoms with Crippen molar-refractivity contribution in [2.75, 3.05) is 6.61 Å². The van der Waals surface area contributed by atoms with Crippen molar-refractivity contribution in [2.45, 2.75) is 41.5 Å². The zero-order valence-corrected chi connectivity index (χ0v) is 16.0. The summed E-state index contributed by atoms with van der Waals surface area (Å²) in [5, 5.41) is 4.25. The summed E-state index contributed by atoms with van der Waals surface area (Å²) in [6.45, 7) is 10.8. The highest BCUT2D eigenvalue weighted by molar-refractivity contribution is 6.00. The van der Waals surface area contributed by atoms with Crippen LogP contribution in [0.1, 0.15) is 59.7 Å². The summed E-state index contributed by atoms with van der Waals surface area (Å²) in [5.41, 5.74) is 0.912. The van der Waals surface area contributed by atoms with Gasteiger partial charge in [0.15, 0.2) is 5.78 Å². The molecule has 0 saturated heterocycles. The molecule has 0 N–H and O–H groups in total. The Morgan fingerprint density at radius 1 is 1.15 bits per heavy atom. The maximum Gasteiger partial charge on any atom is 0.343 e. The number of aryl methyl sites for hydroxylation is 2. The Morgan fingerprint density at radius 3 is 2.35 bits per heavy atom. The van der Waals surface area contributed by atoms with Gasteiger partial charge in [0, 0.05) is 5.41 Å². The standard InChI is InChI=1S/C20H24N2O4/c1-7-26-19(25)14-11-15(17(23)20(4,5)6)21-22(18(14)24)16-9-8-12(2)10-13(16)3/h8-11H,7H2,1-6H3.